The number of carbonyl (C=O) groups is 1. The molecule has 5 aromatic rings. The van der Waals surface area contributed by atoms with Gasteiger partial charge in [-0.2, -0.15) is 15.0 Å². The fraction of sp³-hybridized carbons (Fsp3) is 0.129. The van der Waals surface area contributed by atoms with Crippen molar-refractivity contribution in [3.8, 4) is 0 Å². The standard InChI is InChI=1S/C31H28N6O/c1-2-28-34-30(33-26-15-13-24(14-16-26)19-22-9-5-3-6-10-22)37-31(35-28)36-29-21-25(17-18-32-29)27(38)20-23-11-7-4-8-12-23/h3-18,21H,2,19-20H2,1H3,(H2,32,33,34,35,36,37). The highest BCUT2D eigenvalue weighted by Crippen LogP contribution is 2.19. The second-order valence-corrected chi connectivity index (χ2v) is 8.88. The average Bonchev–Trinajstić information content (AvgIpc) is 2.95. The Labute approximate surface area is 222 Å². The summed E-state index contributed by atoms with van der Waals surface area (Å²) < 4.78 is 0. The second-order valence-electron chi connectivity index (χ2n) is 8.88. The van der Waals surface area contributed by atoms with Crippen molar-refractivity contribution in [1.82, 2.24) is 19.9 Å². The van der Waals surface area contributed by atoms with Crippen LogP contribution in [0.1, 0.15) is 39.8 Å². The van der Waals surface area contributed by atoms with Gasteiger partial charge in [-0.3, -0.25) is 4.79 Å². The molecule has 0 aliphatic carbocycles. The van der Waals surface area contributed by atoms with Gasteiger partial charge in [-0.05, 0) is 47.4 Å². The molecule has 7 heteroatoms. The molecule has 0 saturated carbocycles. The maximum Gasteiger partial charge on any atom is 0.233 e. The molecule has 7 nitrogen and oxygen atoms in total. The average molecular weight is 501 g/mol. The van der Waals surface area contributed by atoms with E-state index < -0.39 is 0 Å². The number of anilines is 4. The maximum absolute atomic E-state index is 12.8. The maximum atomic E-state index is 12.8. The number of pyridine rings is 1. The lowest BCUT2D eigenvalue weighted by Gasteiger charge is -2.11. The third-order valence-electron chi connectivity index (χ3n) is 5.99. The van der Waals surface area contributed by atoms with E-state index in [0.717, 1.165) is 17.7 Å². The first-order valence-electron chi connectivity index (χ1n) is 12.6. The van der Waals surface area contributed by atoms with Crippen molar-refractivity contribution in [3.05, 3.63) is 131 Å². The highest BCUT2D eigenvalue weighted by atomic mass is 16.1. The van der Waals surface area contributed by atoms with Crippen LogP contribution in [0.3, 0.4) is 0 Å². The lowest BCUT2D eigenvalue weighted by Crippen LogP contribution is -2.09. The van der Waals surface area contributed by atoms with Gasteiger partial charge in [0, 0.05) is 30.3 Å². The first-order chi connectivity index (χ1) is 18.6. The SMILES string of the molecule is CCc1nc(Nc2ccc(Cc3ccccc3)cc2)nc(Nc2cc(C(=O)Cc3ccccc3)ccn2)n1. The van der Waals surface area contributed by atoms with Crippen molar-refractivity contribution in [1.29, 1.82) is 0 Å². The Morgan fingerprint density at radius 2 is 1.34 bits per heavy atom. The molecular formula is C31H28N6O. The van der Waals surface area contributed by atoms with Gasteiger partial charge in [0.1, 0.15) is 11.6 Å². The van der Waals surface area contributed by atoms with E-state index in [2.05, 4.69) is 67.0 Å². The fourth-order valence-electron chi connectivity index (χ4n) is 4.03. The number of carbonyl (C=O) groups excluding carboxylic acids is 1. The van der Waals surface area contributed by atoms with E-state index in [-0.39, 0.29) is 5.78 Å². The second kappa shape index (κ2) is 11.9. The number of nitrogens with one attached hydrogen (secondary N) is 2. The van der Waals surface area contributed by atoms with E-state index in [0.29, 0.717) is 41.9 Å². The molecule has 38 heavy (non-hydrogen) atoms. The molecule has 3 aromatic carbocycles. The van der Waals surface area contributed by atoms with E-state index in [9.17, 15) is 4.79 Å². The van der Waals surface area contributed by atoms with Gasteiger partial charge in [0.05, 0.1) is 0 Å². The molecule has 2 aromatic heterocycles. The molecule has 0 amide bonds. The molecule has 2 heterocycles. The van der Waals surface area contributed by atoms with Crippen LogP contribution in [0.4, 0.5) is 23.4 Å². The largest absolute Gasteiger partial charge is 0.324 e. The highest BCUT2D eigenvalue weighted by molar-refractivity contribution is 5.98. The number of aryl methyl sites for hydroxylation is 1. The van der Waals surface area contributed by atoms with Gasteiger partial charge < -0.3 is 10.6 Å². The number of Topliss-reactive ketones (excluding diaryl/α,β-unsaturated/α-hetero) is 1. The number of rotatable bonds is 10. The van der Waals surface area contributed by atoms with E-state index in [4.69, 9.17) is 0 Å². The normalized spacial score (nSPS) is 10.7. The predicted molar refractivity (Wildman–Crippen MR) is 150 cm³/mol. The lowest BCUT2D eigenvalue weighted by atomic mass is 10.0. The third-order valence-corrected chi connectivity index (χ3v) is 5.99. The minimum Gasteiger partial charge on any atom is -0.324 e. The quantitative estimate of drug-likeness (QED) is 0.216. The first kappa shape index (κ1) is 24.8. The van der Waals surface area contributed by atoms with Crippen LogP contribution in [-0.2, 0) is 19.3 Å². The van der Waals surface area contributed by atoms with E-state index in [1.807, 2.05) is 55.5 Å². The summed E-state index contributed by atoms with van der Waals surface area (Å²) in [5.74, 6) is 1.95. The van der Waals surface area contributed by atoms with Gasteiger partial charge in [0.15, 0.2) is 5.78 Å². The molecule has 2 N–H and O–H groups in total. The molecule has 0 fully saturated rings. The summed E-state index contributed by atoms with van der Waals surface area (Å²) in [5.41, 5.74) is 4.92. The summed E-state index contributed by atoms with van der Waals surface area (Å²) in [4.78, 5) is 30.7. The van der Waals surface area contributed by atoms with Crippen molar-refractivity contribution < 1.29 is 4.79 Å². The first-order valence-corrected chi connectivity index (χ1v) is 12.6. The molecule has 0 unspecified atom stereocenters. The van der Waals surface area contributed by atoms with Gasteiger partial charge >= 0.3 is 0 Å². The van der Waals surface area contributed by atoms with E-state index in [1.54, 1.807) is 18.3 Å². The van der Waals surface area contributed by atoms with Crippen LogP contribution in [0, 0.1) is 0 Å². The Hall–Kier alpha value is -4.91. The minimum atomic E-state index is 0.0182. The summed E-state index contributed by atoms with van der Waals surface area (Å²) in [6.07, 6.45) is 3.46. The Kier molecular flexibility index (Phi) is 7.75. The molecule has 0 aliphatic heterocycles. The Bertz CT molecular complexity index is 1510. The molecule has 0 spiro atoms. The Morgan fingerprint density at radius 1 is 0.711 bits per heavy atom. The zero-order valence-corrected chi connectivity index (χ0v) is 21.1. The van der Waals surface area contributed by atoms with Crippen LogP contribution < -0.4 is 10.6 Å². The van der Waals surface area contributed by atoms with Crippen molar-refractivity contribution >= 4 is 29.2 Å². The predicted octanol–water partition coefficient (Wildman–Crippen LogP) is 6.33. The number of aromatic nitrogens is 4. The Morgan fingerprint density at radius 3 is 2.03 bits per heavy atom. The van der Waals surface area contributed by atoms with Gasteiger partial charge in [-0.25, -0.2) is 4.98 Å². The van der Waals surface area contributed by atoms with Crippen LogP contribution in [-0.4, -0.2) is 25.7 Å². The highest BCUT2D eigenvalue weighted by Gasteiger charge is 2.11. The smallest absolute Gasteiger partial charge is 0.233 e. The molecule has 0 atom stereocenters. The van der Waals surface area contributed by atoms with E-state index >= 15 is 0 Å². The van der Waals surface area contributed by atoms with Crippen LogP contribution in [0.2, 0.25) is 0 Å². The molecule has 0 radical (unpaired) electrons. The number of ketones is 1. The van der Waals surface area contributed by atoms with Crippen LogP contribution in [0.5, 0.6) is 0 Å². The van der Waals surface area contributed by atoms with Gasteiger partial charge in [-0.1, -0.05) is 79.7 Å². The van der Waals surface area contributed by atoms with Crippen LogP contribution >= 0.6 is 0 Å². The molecule has 5 rings (SSSR count). The molecule has 0 aliphatic rings. The Balaban J connectivity index is 1.28. The van der Waals surface area contributed by atoms with E-state index in [1.165, 1.54) is 11.1 Å². The third kappa shape index (κ3) is 6.64. The summed E-state index contributed by atoms with van der Waals surface area (Å²) in [7, 11) is 0. The number of hydrogen-bond acceptors (Lipinski definition) is 7. The zero-order valence-electron chi connectivity index (χ0n) is 21.1. The van der Waals surface area contributed by atoms with Crippen molar-refractivity contribution in [2.75, 3.05) is 10.6 Å². The fourth-order valence-corrected chi connectivity index (χ4v) is 4.03. The molecule has 0 saturated heterocycles. The topological polar surface area (TPSA) is 92.7 Å². The minimum absolute atomic E-state index is 0.0182. The number of nitrogens with zero attached hydrogens (tertiary/aromatic N) is 4. The van der Waals surface area contributed by atoms with Crippen molar-refractivity contribution in [2.24, 2.45) is 0 Å². The summed E-state index contributed by atoms with van der Waals surface area (Å²) in [5, 5.41) is 6.41. The molecule has 188 valence electrons. The lowest BCUT2D eigenvalue weighted by molar-refractivity contribution is 0.0993. The summed E-state index contributed by atoms with van der Waals surface area (Å²) in [6.45, 7) is 1.99. The monoisotopic (exact) mass is 500 g/mol. The van der Waals surface area contributed by atoms with Crippen molar-refractivity contribution in [2.45, 2.75) is 26.2 Å². The van der Waals surface area contributed by atoms with Crippen LogP contribution in [0.15, 0.2) is 103 Å². The van der Waals surface area contributed by atoms with Crippen molar-refractivity contribution in [3.63, 3.8) is 0 Å². The van der Waals surface area contributed by atoms with Crippen LogP contribution in [0.25, 0.3) is 0 Å². The number of benzene rings is 3. The summed E-state index contributed by atoms with van der Waals surface area (Å²) in [6, 6.07) is 31.7. The summed E-state index contributed by atoms with van der Waals surface area (Å²) >= 11 is 0. The molecule has 0 bridgehead atoms. The zero-order chi connectivity index (χ0) is 26.2. The van der Waals surface area contributed by atoms with Gasteiger partial charge in [0.25, 0.3) is 0 Å². The van der Waals surface area contributed by atoms with Gasteiger partial charge in [0.2, 0.25) is 11.9 Å². The van der Waals surface area contributed by atoms with Gasteiger partial charge in [-0.15, -0.1) is 0 Å². The molecular weight excluding hydrogens is 472 g/mol. The number of hydrogen-bond donors (Lipinski definition) is 2.